The van der Waals surface area contributed by atoms with Gasteiger partial charge in [-0.3, -0.25) is 4.90 Å². The lowest BCUT2D eigenvalue weighted by Gasteiger charge is -2.44. The Morgan fingerprint density at radius 3 is 2.60 bits per heavy atom. The predicted octanol–water partition coefficient (Wildman–Crippen LogP) is 1.37. The van der Waals surface area contributed by atoms with E-state index in [1.54, 1.807) is 0 Å². The minimum atomic E-state index is 0.00432. The van der Waals surface area contributed by atoms with Crippen LogP contribution >= 0.6 is 0 Å². The summed E-state index contributed by atoms with van der Waals surface area (Å²) in [6, 6.07) is 1.13. The first-order valence-electron chi connectivity index (χ1n) is 6.14. The molecule has 0 bridgehead atoms. The second-order valence-electron chi connectivity index (χ2n) is 5.84. The maximum atomic E-state index is 5.98. The van der Waals surface area contributed by atoms with E-state index in [1.165, 1.54) is 19.3 Å². The molecule has 3 atom stereocenters. The summed E-state index contributed by atoms with van der Waals surface area (Å²) in [5, 5.41) is 0. The summed E-state index contributed by atoms with van der Waals surface area (Å²) in [4.78, 5) is 2.58. The van der Waals surface area contributed by atoms with E-state index >= 15 is 0 Å². The largest absolute Gasteiger partial charge is 0.370 e. The second kappa shape index (κ2) is 4.04. The van der Waals surface area contributed by atoms with Crippen molar-refractivity contribution in [1.82, 2.24) is 4.90 Å². The molecule has 2 aliphatic rings. The van der Waals surface area contributed by atoms with Gasteiger partial charge in [0, 0.05) is 25.2 Å². The molecule has 1 saturated carbocycles. The molecule has 2 fully saturated rings. The van der Waals surface area contributed by atoms with Crippen molar-refractivity contribution < 1.29 is 4.74 Å². The van der Waals surface area contributed by atoms with Crippen LogP contribution in [0.1, 0.15) is 40.0 Å². The van der Waals surface area contributed by atoms with Crippen LogP contribution in [0, 0.1) is 0 Å². The van der Waals surface area contributed by atoms with Gasteiger partial charge < -0.3 is 10.5 Å². The van der Waals surface area contributed by atoms with Crippen LogP contribution in [0.5, 0.6) is 0 Å². The molecule has 15 heavy (non-hydrogen) atoms. The molecule has 1 heterocycles. The number of morpholine rings is 1. The first-order chi connectivity index (χ1) is 6.96. The third kappa shape index (κ3) is 2.71. The molecule has 0 amide bonds. The van der Waals surface area contributed by atoms with Gasteiger partial charge in [-0.05, 0) is 40.0 Å². The summed E-state index contributed by atoms with van der Waals surface area (Å²) in [6.45, 7) is 8.66. The molecule has 88 valence electrons. The van der Waals surface area contributed by atoms with Crippen molar-refractivity contribution in [1.29, 1.82) is 0 Å². The number of nitrogens with two attached hydrogens (primary N) is 1. The van der Waals surface area contributed by atoms with E-state index in [-0.39, 0.29) is 5.60 Å². The Kier molecular flexibility index (Phi) is 3.06. The van der Waals surface area contributed by atoms with E-state index in [1.807, 2.05) is 0 Å². The Morgan fingerprint density at radius 1 is 1.33 bits per heavy atom. The van der Waals surface area contributed by atoms with Crippen LogP contribution in [-0.4, -0.2) is 41.8 Å². The predicted molar refractivity (Wildman–Crippen MR) is 61.8 cm³/mol. The number of hydrogen-bond donors (Lipinski definition) is 1. The normalized spacial score (nSPS) is 42.0. The SMILES string of the molecule is CC1CN(C2CCC(N)C2)CC(C)(C)O1. The lowest BCUT2D eigenvalue weighted by molar-refractivity contribution is -0.137. The smallest absolute Gasteiger partial charge is 0.0757 e. The van der Waals surface area contributed by atoms with Crippen molar-refractivity contribution in [3.63, 3.8) is 0 Å². The molecular weight excluding hydrogens is 188 g/mol. The van der Waals surface area contributed by atoms with E-state index < -0.39 is 0 Å². The van der Waals surface area contributed by atoms with E-state index in [9.17, 15) is 0 Å². The van der Waals surface area contributed by atoms with Crippen molar-refractivity contribution in [2.75, 3.05) is 13.1 Å². The first kappa shape index (κ1) is 11.4. The van der Waals surface area contributed by atoms with E-state index in [4.69, 9.17) is 10.5 Å². The van der Waals surface area contributed by atoms with Crippen molar-refractivity contribution in [3.8, 4) is 0 Å². The van der Waals surface area contributed by atoms with Crippen molar-refractivity contribution in [2.45, 2.75) is 63.8 Å². The van der Waals surface area contributed by atoms with Gasteiger partial charge in [0.1, 0.15) is 0 Å². The van der Waals surface area contributed by atoms with Gasteiger partial charge in [-0.25, -0.2) is 0 Å². The van der Waals surface area contributed by atoms with Crippen molar-refractivity contribution in [2.24, 2.45) is 5.73 Å². The minimum absolute atomic E-state index is 0.00432. The Bertz CT molecular complexity index is 230. The molecule has 1 aliphatic heterocycles. The van der Waals surface area contributed by atoms with Gasteiger partial charge in [0.05, 0.1) is 11.7 Å². The zero-order valence-corrected chi connectivity index (χ0v) is 10.2. The molecule has 2 rings (SSSR count). The molecule has 3 nitrogen and oxygen atoms in total. The Morgan fingerprint density at radius 2 is 2.07 bits per heavy atom. The average molecular weight is 212 g/mol. The van der Waals surface area contributed by atoms with Gasteiger partial charge in [-0.1, -0.05) is 0 Å². The van der Waals surface area contributed by atoms with Gasteiger partial charge in [0.25, 0.3) is 0 Å². The summed E-state index contributed by atoms with van der Waals surface area (Å²) in [6.07, 6.45) is 3.98. The highest BCUT2D eigenvalue weighted by atomic mass is 16.5. The average Bonchev–Trinajstić information content (AvgIpc) is 2.48. The Balaban J connectivity index is 1.97. The lowest BCUT2D eigenvalue weighted by Crippen LogP contribution is -2.54. The van der Waals surface area contributed by atoms with E-state index in [0.29, 0.717) is 18.2 Å². The van der Waals surface area contributed by atoms with Crippen LogP contribution < -0.4 is 5.73 Å². The molecule has 0 radical (unpaired) electrons. The number of nitrogens with zero attached hydrogens (tertiary/aromatic N) is 1. The highest BCUT2D eigenvalue weighted by Gasteiger charge is 2.36. The van der Waals surface area contributed by atoms with E-state index in [0.717, 1.165) is 13.1 Å². The third-order valence-corrected chi connectivity index (χ3v) is 3.56. The van der Waals surface area contributed by atoms with Crippen LogP contribution in [0.3, 0.4) is 0 Å². The highest BCUT2D eigenvalue weighted by Crippen LogP contribution is 2.29. The standard InChI is InChI=1S/C12H24N2O/c1-9-7-14(8-12(2,3)15-9)11-5-4-10(13)6-11/h9-11H,4-8,13H2,1-3H3. The molecule has 0 spiro atoms. The lowest BCUT2D eigenvalue weighted by atomic mass is 10.0. The van der Waals surface area contributed by atoms with Crippen LogP contribution in [0.25, 0.3) is 0 Å². The fourth-order valence-corrected chi connectivity index (χ4v) is 3.10. The van der Waals surface area contributed by atoms with Gasteiger partial charge in [-0.2, -0.15) is 0 Å². The molecule has 0 aromatic heterocycles. The molecule has 3 unspecified atom stereocenters. The van der Waals surface area contributed by atoms with Crippen molar-refractivity contribution in [3.05, 3.63) is 0 Å². The Labute approximate surface area is 93.0 Å². The molecule has 0 aromatic rings. The molecule has 0 aromatic carbocycles. The molecule has 3 heteroatoms. The summed E-state index contributed by atoms with van der Waals surface area (Å²) in [7, 11) is 0. The van der Waals surface area contributed by atoms with Crippen LogP contribution in [0.2, 0.25) is 0 Å². The Hall–Kier alpha value is -0.120. The van der Waals surface area contributed by atoms with Crippen LogP contribution in [0.4, 0.5) is 0 Å². The summed E-state index contributed by atoms with van der Waals surface area (Å²) in [5.41, 5.74) is 5.98. The molecule has 1 saturated heterocycles. The molecule has 2 N–H and O–H groups in total. The van der Waals surface area contributed by atoms with Gasteiger partial charge in [0.2, 0.25) is 0 Å². The molecular formula is C12H24N2O. The quantitative estimate of drug-likeness (QED) is 0.713. The topological polar surface area (TPSA) is 38.5 Å². The fourth-order valence-electron chi connectivity index (χ4n) is 3.10. The van der Waals surface area contributed by atoms with Crippen molar-refractivity contribution >= 4 is 0 Å². The van der Waals surface area contributed by atoms with E-state index in [2.05, 4.69) is 25.7 Å². The maximum absolute atomic E-state index is 5.98. The summed E-state index contributed by atoms with van der Waals surface area (Å²) >= 11 is 0. The number of hydrogen-bond acceptors (Lipinski definition) is 3. The highest BCUT2D eigenvalue weighted by molar-refractivity contribution is 4.91. The maximum Gasteiger partial charge on any atom is 0.0757 e. The minimum Gasteiger partial charge on any atom is -0.370 e. The van der Waals surface area contributed by atoms with Gasteiger partial charge >= 0.3 is 0 Å². The number of ether oxygens (including phenoxy) is 1. The van der Waals surface area contributed by atoms with Crippen LogP contribution in [0.15, 0.2) is 0 Å². The summed E-state index contributed by atoms with van der Waals surface area (Å²) in [5.74, 6) is 0. The third-order valence-electron chi connectivity index (χ3n) is 3.56. The number of rotatable bonds is 1. The van der Waals surface area contributed by atoms with Gasteiger partial charge in [0.15, 0.2) is 0 Å². The summed E-state index contributed by atoms with van der Waals surface area (Å²) < 4.78 is 5.92. The monoisotopic (exact) mass is 212 g/mol. The first-order valence-corrected chi connectivity index (χ1v) is 6.14. The zero-order chi connectivity index (χ0) is 11.1. The zero-order valence-electron chi connectivity index (χ0n) is 10.2. The van der Waals surface area contributed by atoms with Gasteiger partial charge in [-0.15, -0.1) is 0 Å². The van der Waals surface area contributed by atoms with Crippen LogP contribution in [-0.2, 0) is 4.74 Å². The molecule has 1 aliphatic carbocycles. The fraction of sp³-hybridized carbons (Fsp3) is 1.00. The second-order valence-corrected chi connectivity index (χ2v) is 5.84.